The van der Waals surface area contributed by atoms with Crippen LogP contribution in [0.2, 0.25) is 0 Å². The first-order valence-corrected chi connectivity index (χ1v) is 12.7. The van der Waals surface area contributed by atoms with Gasteiger partial charge in [0, 0.05) is 13.1 Å². The van der Waals surface area contributed by atoms with Crippen LogP contribution in [0.5, 0.6) is 11.5 Å². The molecule has 1 fully saturated rings. The molecule has 0 saturated carbocycles. The largest absolute Gasteiger partial charge is 0.494 e. The van der Waals surface area contributed by atoms with Crippen molar-refractivity contribution in [1.29, 1.82) is 0 Å². The van der Waals surface area contributed by atoms with Gasteiger partial charge in [-0.1, -0.05) is 23.9 Å². The second kappa shape index (κ2) is 12.5. The number of ether oxygens (including phenoxy) is 3. The number of hydrogen-bond donors (Lipinski definition) is 1. The van der Waals surface area contributed by atoms with Crippen LogP contribution >= 0.6 is 11.8 Å². The van der Waals surface area contributed by atoms with Crippen LogP contribution in [0.3, 0.4) is 0 Å². The summed E-state index contributed by atoms with van der Waals surface area (Å²) in [7, 11) is 0. The summed E-state index contributed by atoms with van der Waals surface area (Å²) in [6.07, 6.45) is 0. The van der Waals surface area contributed by atoms with E-state index in [9.17, 15) is 4.79 Å². The standard InChI is InChI=1S/C25H31N5O4S/c1-3-33-21-7-9-22(10-8-21)34-14-11-26-23(31)18-35-25-28-27-24(29-12-15-32-16-13-29)30(25)20-6-4-5-19(2)17-20/h4-10,17H,3,11-16,18H2,1-2H3,(H,26,31). The highest BCUT2D eigenvalue weighted by atomic mass is 32.2. The van der Waals surface area contributed by atoms with Crippen molar-refractivity contribution >= 4 is 23.6 Å². The van der Waals surface area contributed by atoms with E-state index in [1.165, 1.54) is 11.8 Å². The van der Waals surface area contributed by atoms with Gasteiger partial charge in [-0.3, -0.25) is 9.36 Å². The molecule has 0 atom stereocenters. The van der Waals surface area contributed by atoms with Crippen molar-refractivity contribution in [2.45, 2.75) is 19.0 Å². The van der Waals surface area contributed by atoms with Gasteiger partial charge in [0.25, 0.3) is 0 Å². The number of benzene rings is 2. The number of thioether (sulfide) groups is 1. The average Bonchev–Trinajstić information content (AvgIpc) is 3.31. The maximum absolute atomic E-state index is 12.5. The molecule has 0 aliphatic carbocycles. The molecule has 2 heterocycles. The molecule has 9 nitrogen and oxygen atoms in total. The Balaban J connectivity index is 1.32. The molecule has 186 valence electrons. The Kier molecular flexibility index (Phi) is 8.85. The molecule has 4 rings (SSSR count). The summed E-state index contributed by atoms with van der Waals surface area (Å²) in [6.45, 7) is 8.24. The normalized spacial score (nSPS) is 13.5. The Bertz CT molecular complexity index is 1100. The molecular weight excluding hydrogens is 466 g/mol. The fraction of sp³-hybridized carbons (Fsp3) is 0.400. The molecule has 1 aromatic heterocycles. The number of morpholine rings is 1. The molecule has 1 N–H and O–H groups in total. The van der Waals surface area contributed by atoms with Crippen LogP contribution in [0.25, 0.3) is 5.69 Å². The molecule has 0 radical (unpaired) electrons. The molecule has 1 amide bonds. The summed E-state index contributed by atoms with van der Waals surface area (Å²) in [5.41, 5.74) is 2.12. The van der Waals surface area contributed by atoms with E-state index in [2.05, 4.69) is 39.5 Å². The van der Waals surface area contributed by atoms with Crippen LogP contribution in [-0.4, -0.2) is 72.5 Å². The van der Waals surface area contributed by atoms with E-state index in [0.717, 1.165) is 41.8 Å². The minimum Gasteiger partial charge on any atom is -0.494 e. The van der Waals surface area contributed by atoms with E-state index in [1.807, 2.05) is 47.9 Å². The number of carbonyl (C=O) groups excluding carboxylic acids is 1. The third-order valence-corrected chi connectivity index (χ3v) is 6.26. The van der Waals surface area contributed by atoms with E-state index < -0.39 is 0 Å². The molecule has 1 aliphatic rings. The van der Waals surface area contributed by atoms with Crippen LogP contribution < -0.4 is 19.7 Å². The van der Waals surface area contributed by atoms with Crippen molar-refractivity contribution in [1.82, 2.24) is 20.1 Å². The summed E-state index contributed by atoms with van der Waals surface area (Å²) in [5.74, 6) is 2.46. The van der Waals surface area contributed by atoms with Gasteiger partial charge in [0.15, 0.2) is 5.16 Å². The van der Waals surface area contributed by atoms with Gasteiger partial charge in [0.1, 0.15) is 18.1 Å². The summed E-state index contributed by atoms with van der Waals surface area (Å²) >= 11 is 1.37. The Morgan fingerprint density at radius 1 is 1.09 bits per heavy atom. The number of rotatable bonds is 11. The van der Waals surface area contributed by atoms with Crippen LogP contribution in [-0.2, 0) is 9.53 Å². The zero-order chi connectivity index (χ0) is 24.5. The predicted molar refractivity (Wildman–Crippen MR) is 136 cm³/mol. The van der Waals surface area contributed by atoms with Gasteiger partial charge in [0.05, 0.1) is 37.8 Å². The maximum Gasteiger partial charge on any atom is 0.232 e. The maximum atomic E-state index is 12.5. The Hall–Kier alpha value is -3.24. The molecule has 35 heavy (non-hydrogen) atoms. The minimum absolute atomic E-state index is 0.0861. The minimum atomic E-state index is -0.0861. The van der Waals surface area contributed by atoms with Gasteiger partial charge < -0.3 is 24.4 Å². The number of aromatic nitrogens is 3. The highest BCUT2D eigenvalue weighted by molar-refractivity contribution is 7.99. The lowest BCUT2D eigenvalue weighted by molar-refractivity contribution is -0.118. The molecular formula is C25H31N5O4S. The topological polar surface area (TPSA) is 90.7 Å². The lowest BCUT2D eigenvalue weighted by atomic mass is 10.2. The Morgan fingerprint density at radius 3 is 2.54 bits per heavy atom. The molecule has 10 heteroatoms. The first-order valence-electron chi connectivity index (χ1n) is 11.7. The Morgan fingerprint density at radius 2 is 1.83 bits per heavy atom. The molecule has 0 unspecified atom stereocenters. The van der Waals surface area contributed by atoms with Crippen molar-refractivity contribution in [3.8, 4) is 17.2 Å². The SMILES string of the molecule is CCOc1ccc(OCCNC(=O)CSc2nnc(N3CCOCC3)n2-c2cccc(C)c2)cc1. The van der Waals surface area contributed by atoms with E-state index in [0.29, 0.717) is 38.1 Å². The van der Waals surface area contributed by atoms with Crippen molar-refractivity contribution < 1.29 is 19.0 Å². The third-order valence-electron chi connectivity index (χ3n) is 5.33. The smallest absolute Gasteiger partial charge is 0.232 e. The van der Waals surface area contributed by atoms with Crippen LogP contribution in [0.15, 0.2) is 53.7 Å². The molecule has 0 bridgehead atoms. The quantitative estimate of drug-likeness (QED) is 0.319. The predicted octanol–water partition coefficient (Wildman–Crippen LogP) is 3.10. The zero-order valence-electron chi connectivity index (χ0n) is 20.1. The van der Waals surface area contributed by atoms with Crippen LogP contribution in [0.1, 0.15) is 12.5 Å². The van der Waals surface area contributed by atoms with Gasteiger partial charge >= 0.3 is 0 Å². The summed E-state index contributed by atoms with van der Waals surface area (Å²) in [4.78, 5) is 14.6. The number of carbonyl (C=O) groups is 1. The van der Waals surface area contributed by atoms with Crippen molar-refractivity contribution in [2.24, 2.45) is 0 Å². The molecule has 3 aromatic rings. The second-order valence-electron chi connectivity index (χ2n) is 7.95. The number of nitrogens with one attached hydrogen (secondary N) is 1. The van der Waals surface area contributed by atoms with Gasteiger partial charge in [-0.2, -0.15) is 0 Å². The summed E-state index contributed by atoms with van der Waals surface area (Å²) in [5, 5.41) is 12.4. The number of aryl methyl sites for hydroxylation is 1. The highest BCUT2D eigenvalue weighted by Gasteiger charge is 2.22. The number of hydrogen-bond acceptors (Lipinski definition) is 8. The molecule has 2 aromatic carbocycles. The van der Waals surface area contributed by atoms with Gasteiger partial charge in [-0.25, -0.2) is 0 Å². The van der Waals surface area contributed by atoms with E-state index in [-0.39, 0.29) is 11.7 Å². The zero-order valence-corrected chi connectivity index (χ0v) is 20.9. The monoisotopic (exact) mass is 497 g/mol. The van der Waals surface area contributed by atoms with E-state index in [1.54, 1.807) is 0 Å². The number of nitrogens with zero attached hydrogens (tertiary/aromatic N) is 4. The highest BCUT2D eigenvalue weighted by Crippen LogP contribution is 2.27. The van der Waals surface area contributed by atoms with Gasteiger partial charge in [-0.05, 0) is 55.8 Å². The van der Waals surface area contributed by atoms with Crippen molar-refractivity contribution in [2.75, 3.05) is 56.7 Å². The summed E-state index contributed by atoms with van der Waals surface area (Å²) in [6, 6.07) is 15.6. The fourth-order valence-corrected chi connectivity index (χ4v) is 4.43. The van der Waals surface area contributed by atoms with Gasteiger partial charge in [-0.15, -0.1) is 10.2 Å². The third kappa shape index (κ3) is 6.89. The first kappa shape index (κ1) is 24.9. The van der Waals surface area contributed by atoms with E-state index in [4.69, 9.17) is 14.2 Å². The van der Waals surface area contributed by atoms with E-state index >= 15 is 0 Å². The fourth-order valence-electron chi connectivity index (χ4n) is 3.66. The summed E-state index contributed by atoms with van der Waals surface area (Å²) < 4.78 is 18.6. The molecule has 0 spiro atoms. The second-order valence-corrected chi connectivity index (χ2v) is 8.89. The molecule has 1 aliphatic heterocycles. The Labute approximate surface area is 209 Å². The van der Waals surface area contributed by atoms with Gasteiger partial charge in [0.2, 0.25) is 11.9 Å². The average molecular weight is 498 g/mol. The van der Waals surface area contributed by atoms with Crippen LogP contribution in [0, 0.1) is 6.92 Å². The lowest BCUT2D eigenvalue weighted by Gasteiger charge is -2.28. The molecule has 1 saturated heterocycles. The van der Waals surface area contributed by atoms with Crippen LogP contribution in [0.4, 0.5) is 5.95 Å². The first-order chi connectivity index (χ1) is 17.1. The van der Waals surface area contributed by atoms with Crippen molar-refractivity contribution in [3.05, 3.63) is 54.1 Å². The van der Waals surface area contributed by atoms with Crippen molar-refractivity contribution in [3.63, 3.8) is 0 Å². The number of amides is 1. The number of anilines is 1. The lowest BCUT2D eigenvalue weighted by Crippen LogP contribution is -2.37.